The number of hydrogen-bond donors (Lipinski definition) is 1. The van der Waals surface area contributed by atoms with E-state index in [1.54, 1.807) is 42.6 Å². The second kappa shape index (κ2) is 7.83. The number of halogens is 1. The number of nitrogens with zero attached hydrogens (tertiary/aromatic N) is 2. The number of para-hydroxylation sites is 1. The molecular weight excluding hydrogens is 321 g/mol. The van der Waals surface area contributed by atoms with Gasteiger partial charge in [-0.25, -0.2) is 9.82 Å². The molecule has 3 aromatic rings. The molecule has 0 saturated heterocycles. The molecule has 2 aromatic carbocycles. The van der Waals surface area contributed by atoms with Gasteiger partial charge in [-0.3, -0.25) is 9.78 Å². The normalized spacial score (nSPS) is 10.6. The van der Waals surface area contributed by atoms with E-state index in [2.05, 4.69) is 15.5 Å². The Labute approximate surface area is 143 Å². The van der Waals surface area contributed by atoms with Crippen LogP contribution in [0.1, 0.15) is 15.9 Å². The summed E-state index contributed by atoms with van der Waals surface area (Å²) in [5.41, 5.74) is 3.36. The first-order valence-corrected chi connectivity index (χ1v) is 7.48. The van der Waals surface area contributed by atoms with Gasteiger partial charge in [0.2, 0.25) is 0 Å². The van der Waals surface area contributed by atoms with Gasteiger partial charge >= 0.3 is 0 Å². The first kappa shape index (κ1) is 16.3. The maximum atomic E-state index is 13.9. The summed E-state index contributed by atoms with van der Waals surface area (Å²) >= 11 is 0. The van der Waals surface area contributed by atoms with E-state index in [0.29, 0.717) is 16.9 Å². The number of benzene rings is 2. The number of carbonyl (C=O) groups is 1. The summed E-state index contributed by atoms with van der Waals surface area (Å²) in [6.07, 6.45) is 4.42. The van der Waals surface area contributed by atoms with Gasteiger partial charge in [-0.15, -0.1) is 0 Å². The average molecular weight is 335 g/mol. The molecule has 0 spiro atoms. The fourth-order valence-corrected chi connectivity index (χ4v) is 2.02. The van der Waals surface area contributed by atoms with Crippen LogP contribution in [0, 0.1) is 5.82 Å². The second-order valence-corrected chi connectivity index (χ2v) is 5.05. The monoisotopic (exact) mass is 335 g/mol. The topological polar surface area (TPSA) is 63.6 Å². The minimum atomic E-state index is -0.486. The van der Waals surface area contributed by atoms with Crippen LogP contribution in [0.4, 0.5) is 4.39 Å². The van der Waals surface area contributed by atoms with Crippen molar-refractivity contribution in [2.45, 2.75) is 0 Å². The smallest absolute Gasteiger partial charge is 0.272 e. The molecule has 0 aliphatic carbocycles. The average Bonchev–Trinajstić information content (AvgIpc) is 2.66. The Bertz CT molecular complexity index is 884. The van der Waals surface area contributed by atoms with Gasteiger partial charge in [0, 0.05) is 12.4 Å². The zero-order chi connectivity index (χ0) is 17.5. The van der Waals surface area contributed by atoms with Gasteiger partial charge in [-0.05, 0) is 42.0 Å². The number of hydrazone groups is 1. The van der Waals surface area contributed by atoms with Crippen molar-refractivity contribution in [3.8, 4) is 11.5 Å². The maximum Gasteiger partial charge on any atom is 0.272 e. The maximum absolute atomic E-state index is 13.9. The molecule has 5 nitrogen and oxygen atoms in total. The highest BCUT2D eigenvalue weighted by molar-refractivity contribution is 5.94. The number of ether oxygens (including phenoxy) is 1. The number of nitrogens with one attached hydrogen (secondary N) is 1. The van der Waals surface area contributed by atoms with Crippen molar-refractivity contribution in [2.75, 3.05) is 0 Å². The number of carbonyl (C=O) groups excluding carboxylic acids is 1. The lowest BCUT2D eigenvalue weighted by Gasteiger charge is -2.07. The third kappa shape index (κ3) is 4.48. The molecule has 0 bridgehead atoms. The van der Waals surface area contributed by atoms with Gasteiger partial charge in [0.15, 0.2) is 11.6 Å². The predicted molar refractivity (Wildman–Crippen MR) is 92.2 cm³/mol. The molecule has 1 aromatic heterocycles. The molecule has 6 heteroatoms. The van der Waals surface area contributed by atoms with Gasteiger partial charge in [0.1, 0.15) is 5.75 Å². The molecule has 0 atom stereocenters. The van der Waals surface area contributed by atoms with Gasteiger partial charge in [0.25, 0.3) is 5.91 Å². The first-order valence-electron chi connectivity index (χ1n) is 7.48. The molecule has 0 radical (unpaired) electrons. The molecule has 0 fully saturated rings. The zero-order valence-electron chi connectivity index (χ0n) is 13.1. The Morgan fingerprint density at radius 3 is 2.72 bits per heavy atom. The number of amides is 1. The van der Waals surface area contributed by atoms with E-state index in [9.17, 15) is 9.18 Å². The summed E-state index contributed by atoms with van der Waals surface area (Å²) in [6.45, 7) is 0. The molecule has 0 saturated carbocycles. The molecule has 0 aliphatic rings. The van der Waals surface area contributed by atoms with Gasteiger partial charge < -0.3 is 4.74 Å². The van der Waals surface area contributed by atoms with Crippen LogP contribution in [-0.4, -0.2) is 17.1 Å². The van der Waals surface area contributed by atoms with Gasteiger partial charge in [-0.2, -0.15) is 5.10 Å². The first-order chi connectivity index (χ1) is 12.2. The Morgan fingerprint density at radius 1 is 1.12 bits per heavy atom. The summed E-state index contributed by atoms with van der Waals surface area (Å²) in [7, 11) is 0. The van der Waals surface area contributed by atoms with Crippen molar-refractivity contribution in [3.63, 3.8) is 0 Å². The third-order valence-electron chi connectivity index (χ3n) is 3.23. The molecule has 0 aliphatic heterocycles. The van der Waals surface area contributed by atoms with Crippen molar-refractivity contribution in [2.24, 2.45) is 5.10 Å². The van der Waals surface area contributed by atoms with Crippen LogP contribution in [-0.2, 0) is 0 Å². The van der Waals surface area contributed by atoms with E-state index in [1.165, 1.54) is 30.6 Å². The highest BCUT2D eigenvalue weighted by Crippen LogP contribution is 2.24. The molecule has 0 unspecified atom stereocenters. The van der Waals surface area contributed by atoms with Gasteiger partial charge in [-0.1, -0.05) is 24.3 Å². The van der Waals surface area contributed by atoms with Crippen molar-refractivity contribution in [1.29, 1.82) is 0 Å². The summed E-state index contributed by atoms with van der Waals surface area (Å²) < 4.78 is 19.4. The van der Waals surface area contributed by atoms with Crippen LogP contribution in [0.25, 0.3) is 0 Å². The SMILES string of the molecule is O=C(NN=Cc1ccc(F)c(Oc2ccccc2)c1)c1cccnc1. The lowest BCUT2D eigenvalue weighted by molar-refractivity contribution is 0.0955. The Morgan fingerprint density at radius 2 is 1.96 bits per heavy atom. The standard InChI is InChI=1S/C19H14FN3O2/c20-17-9-8-14(11-18(17)25-16-6-2-1-3-7-16)12-22-23-19(24)15-5-4-10-21-13-15/h1-13H,(H,23,24). The molecule has 3 rings (SSSR count). The minimum Gasteiger partial charge on any atom is -0.454 e. The molecular formula is C19H14FN3O2. The molecule has 124 valence electrons. The Hall–Kier alpha value is -3.54. The fraction of sp³-hybridized carbons (Fsp3) is 0. The highest BCUT2D eigenvalue weighted by atomic mass is 19.1. The van der Waals surface area contributed by atoms with Gasteiger partial charge in [0.05, 0.1) is 11.8 Å². The van der Waals surface area contributed by atoms with E-state index in [-0.39, 0.29) is 11.7 Å². The zero-order valence-corrected chi connectivity index (χ0v) is 13.1. The number of aromatic nitrogens is 1. The van der Waals surface area contributed by atoms with Crippen LogP contribution < -0.4 is 10.2 Å². The number of hydrogen-bond acceptors (Lipinski definition) is 4. The van der Waals surface area contributed by atoms with E-state index in [0.717, 1.165) is 0 Å². The van der Waals surface area contributed by atoms with Crippen molar-refractivity contribution >= 4 is 12.1 Å². The van der Waals surface area contributed by atoms with Crippen molar-refractivity contribution in [1.82, 2.24) is 10.4 Å². The number of pyridine rings is 1. The fourth-order valence-electron chi connectivity index (χ4n) is 2.02. The quantitative estimate of drug-likeness (QED) is 0.570. The van der Waals surface area contributed by atoms with Crippen LogP contribution in [0.3, 0.4) is 0 Å². The largest absolute Gasteiger partial charge is 0.454 e. The summed E-state index contributed by atoms with van der Waals surface area (Å²) in [5.74, 6) is -0.262. The Kier molecular flexibility index (Phi) is 5.11. The number of rotatable bonds is 5. The lowest BCUT2D eigenvalue weighted by atomic mass is 10.2. The predicted octanol–water partition coefficient (Wildman–Crippen LogP) is 3.78. The van der Waals surface area contributed by atoms with E-state index >= 15 is 0 Å². The van der Waals surface area contributed by atoms with Crippen molar-refractivity contribution in [3.05, 3.63) is 90.0 Å². The summed E-state index contributed by atoms with van der Waals surface area (Å²) in [4.78, 5) is 15.7. The Balaban J connectivity index is 1.68. The molecule has 1 N–H and O–H groups in total. The van der Waals surface area contributed by atoms with E-state index < -0.39 is 5.82 Å². The van der Waals surface area contributed by atoms with Crippen molar-refractivity contribution < 1.29 is 13.9 Å². The summed E-state index contributed by atoms with van der Waals surface area (Å²) in [6, 6.07) is 16.5. The molecule has 1 amide bonds. The van der Waals surface area contributed by atoms with Crippen LogP contribution in [0.2, 0.25) is 0 Å². The summed E-state index contributed by atoms with van der Waals surface area (Å²) in [5, 5.41) is 3.87. The molecule has 1 heterocycles. The van der Waals surface area contributed by atoms with Crippen LogP contribution >= 0.6 is 0 Å². The second-order valence-electron chi connectivity index (χ2n) is 5.05. The van der Waals surface area contributed by atoms with Crippen LogP contribution in [0.15, 0.2) is 78.2 Å². The minimum absolute atomic E-state index is 0.0775. The van der Waals surface area contributed by atoms with E-state index in [1.807, 2.05) is 6.07 Å². The third-order valence-corrected chi connectivity index (χ3v) is 3.23. The highest BCUT2D eigenvalue weighted by Gasteiger charge is 2.06. The lowest BCUT2D eigenvalue weighted by Crippen LogP contribution is -2.17. The van der Waals surface area contributed by atoms with Crippen LogP contribution in [0.5, 0.6) is 11.5 Å². The molecule has 25 heavy (non-hydrogen) atoms. The van der Waals surface area contributed by atoms with E-state index in [4.69, 9.17) is 4.74 Å².